The summed E-state index contributed by atoms with van der Waals surface area (Å²) in [6.45, 7) is 3.69. The number of rotatable bonds is 4. The average Bonchev–Trinajstić information content (AvgIpc) is 2.79. The Labute approximate surface area is 106 Å². The van der Waals surface area contributed by atoms with Crippen LogP contribution >= 0.6 is 0 Å². The van der Waals surface area contributed by atoms with Gasteiger partial charge >= 0.3 is 5.97 Å². The predicted molar refractivity (Wildman–Crippen MR) is 66.9 cm³/mol. The number of benzene rings is 1. The first kappa shape index (κ1) is 13.0. The SMILES string of the molecule is Cc1cc(F)ccc1C(CC(=O)O)N1CCCC1. The lowest BCUT2D eigenvalue weighted by Crippen LogP contribution is -2.28. The van der Waals surface area contributed by atoms with Crippen LogP contribution in [0.4, 0.5) is 4.39 Å². The van der Waals surface area contributed by atoms with Gasteiger partial charge in [-0.1, -0.05) is 6.07 Å². The maximum atomic E-state index is 13.1. The summed E-state index contributed by atoms with van der Waals surface area (Å²) in [7, 11) is 0. The molecule has 1 N–H and O–H groups in total. The third kappa shape index (κ3) is 2.88. The number of hydrogen-bond acceptors (Lipinski definition) is 2. The van der Waals surface area contributed by atoms with Gasteiger partial charge in [0.05, 0.1) is 6.42 Å². The van der Waals surface area contributed by atoms with E-state index in [0.29, 0.717) is 0 Å². The van der Waals surface area contributed by atoms with Crippen LogP contribution in [0.5, 0.6) is 0 Å². The second-order valence-electron chi connectivity index (χ2n) is 4.86. The summed E-state index contributed by atoms with van der Waals surface area (Å²) in [4.78, 5) is 13.2. The lowest BCUT2D eigenvalue weighted by atomic mass is 9.97. The first-order chi connectivity index (χ1) is 8.58. The largest absolute Gasteiger partial charge is 0.481 e. The monoisotopic (exact) mass is 251 g/mol. The van der Waals surface area contributed by atoms with Gasteiger partial charge in [-0.2, -0.15) is 0 Å². The molecular weight excluding hydrogens is 233 g/mol. The van der Waals surface area contributed by atoms with Crippen molar-refractivity contribution in [3.05, 3.63) is 35.1 Å². The van der Waals surface area contributed by atoms with E-state index in [-0.39, 0.29) is 18.3 Å². The van der Waals surface area contributed by atoms with Gasteiger partial charge in [0.1, 0.15) is 5.82 Å². The molecule has 0 spiro atoms. The molecule has 1 aromatic rings. The number of carbonyl (C=O) groups is 1. The number of hydrogen-bond donors (Lipinski definition) is 1. The minimum absolute atomic E-state index is 0.0759. The van der Waals surface area contributed by atoms with Crippen molar-refractivity contribution in [2.24, 2.45) is 0 Å². The molecule has 0 amide bonds. The highest BCUT2D eigenvalue weighted by atomic mass is 19.1. The Morgan fingerprint density at radius 3 is 2.67 bits per heavy atom. The lowest BCUT2D eigenvalue weighted by Gasteiger charge is -2.27. The minimum atomic E-state index is -0.810. The molecule has 0 aliphatic carbocycles. The third-order valence-electron chi connectivity index (χ3n) is 3.54. The maximum absolute atomic E-state index is 13.1. The number of nitrogens with zero attached hydrogens (tertiary/aromatic N) is 1. The zero-order chi connectivity index (χ0) is 13.1. The zero-order valence-electron chi connectivity index (χ0n) is 10.5. The molecule has 98 valence electrons. The molecule has 2 rings (SSSR count). The fraction of sp³-hybridized carbons (Fsp3) is 0.500. The number of halogens is 1. The summed E-state index contributed by atoms with van der Waals surface area (Å²) in [6, 6.07) is 4.47. The summed E-state index contributed by atoms with van der Waals surface area (Å²) in [5, 5.41) is 9.05. The molecule has 18 heavy (non-hydrogen) atoms. The van der Waals surface area contributed by atoms with Crippen molar-refractivity contribution in [2.75, 3.05) is 13.1 Å². The molecule has 1 heterocycles. The van der Waals surface area contributed by atoms with Crippen LogP contribution < -0.4 is 0 Å². The second kappa shape index (κ2) is 5.48. The van der Waals surface area contributed by atoms with E-state index in [1.807, 2.05) is 6.92 Å². The Morgan fingerprint density at radius 1 is 1.44 bits per heavy atom. The van der Waals surface area contributed by atoms with Crippen LogP contribution in [0.1, 0.15) is 36.4 Å². The molecule has 0 radical (unpaired) electrons. The molecule has 0 bridgehead atoms. The van der Waals surface area contributed by atoms with Crippen LogP contribution in [0, 0.1) is 12.7 Å². The number of carboxylic acid groups (broad SMARTS) is 1. The number of aryl methyl sites for hydroxylation is 1. The molecule has 1 saturated heterocycles. The van der Waals surface area contributed by atoms with Gasteiger partial charge in [0.15, 0.2) is 0 Å². The van der Waals surface area contributed by atoms with Crippen molar-refractivity contribution in [1.29, 1.82) is 0 Å². The van der Waals surface area contributed by atoms with Gasteiger partial charge in [-0.25, -0.2) is 4.39 Å². The number of aliphatic carboxylic acids is 1. The third-order valence-corrected chi connectivity index (χ3v) is 3.54. The first-order valence-electron chi connectivity index (χ1n) is 6.30. The fourth-order valence-corrected chi connectivity index (χ4v) is 2.67. The predicted octanol–water partition coefficient (Wildman–Crippen LogP) is 2.75. The second-order valence-corrected chi connectivity index (χ2v) is 4.86. The van der Waals surface area contributed by atoms with Gasteiger partial charge in [0.2, 0.25) is 0 Å². The summed E-state index contributed by atoms with van der Waals surface area (Å²) in [6.07, 6.45) is 2.29. The van der Waals surface area contributed by atoms with Crippen LogP contribution in [-0.2, 0) is 4.79 Å². The van der Waals surface area contributed by atoms with E-state index in [1.54, 1.807) is 6.07 Å². The minimum Gasteiger partial charge on any atom is -0.481 e. The molecule has 1 unspecified atom stereocenters. The van der Waals surface area contributed by atoms with E-state index in [9.17, 15) is 9.18 Å². The van der Waals surface area contributed by atoms with Gasteiger partial charge < -0.3 is 5.11 Å². The molecule has 4 heteroatoms. The summed E-state index contributed by atoms with van der Waals surface area (Å²) in [5.41, 5.74) is 1.76. The fourth-order valence-electron chi connectivity index (χ4n) is 2.67. The van der Waals surface area contributed by atoms with Crippen LogP contribution in [-0.4, -0.2) is 29.1 Å². The molecule has 1 aliphatic heterocycles. The average molecular weight is 251 g/mol. The van der Waals surface area contributed by atoms with Gasteiger partial charge in [0, 0.05) is 6.04 Å². The quantitative estimate of drug-likeness (QED) is 0.894. The lowest BCUT2D eigenvalue weighted by molar-refractivity contribution is -0.138. The van der Waals surface area contributed by atoms with E-state index in [1.165, 1.54) is 12.1 Å². The standard InChI is InChI=1S/C14H18FNO2/c1-10-8-11(15)4-5-12(10)13(9-14(17)18)16-6-2-3-7-16/h4-5,8,13H,2-3,6-7,9H2,1H3,(H,17,18). The molecule has 1 fully saturated rings. The van der Waals surface area contributed by atoms with Crippen molar-refractivity contribution in [2.45, 2.75) is 32.2 Å². The highest BCUT2D eigenvalue weighted by molar-refractivity contribution is 5.68. The molecular formula is C14H18FNO2. The molecule has 1 aromatic carbocycles. The molecule has 0 aromatic heterocycles. The smallest absolute Gasteiger partial charge is 0.305 e. The van der Waals surface area contributed by atoms with Crippen molar-refractivity contribution in [1.82, 2.24) is 4.90 Å². The summed E-state index contributed by atoms with van der Waals surface area (Å²) in [5.74, 6) is -1.08. The van der Waals surface area contributed by atoms with Crippen LogP contribution in [0.15, 0.2) is 18.2 Å². The topological polar surface area (TPSA) is 40.5 Å². The number of likely N-dealkylation sites (tertiary alicyclic amines) is 1. The molecule has 1 aliphatic rings. The van der Waals surface area contributed by atoms with Crippen molar-refractivity contribution < 1.29 is 14.3 Å². The Kier molecular flexibility index (Phi) is 3.97. The molecule has 1 atom stereocenters. The highest BCUT2D eigenvalue weighted by Gasteiger charge is 2.26. The van der Waals surface area contributed by atoms with Gasteiger partial charge in [-0.3, -0.25) is 9.69 Å². The Morgan fingerprint density at radius 2 is 2.11 bits per heavy atom. The number of carboxylic acids is 1. The Bertz CT molecular complexity index is 441. The van der Waals surface area contributed by atoms with Gasteiger partial charge in [-0.05, 0) is 56.1 Å². The van der Waals surface area contributed by atoms with Crippen molar-refractivity contribution in [3.8, 4) is 0 Å². The van der Waals surface area contributed by atoms with Crippen LogP contribution in [0.3, 0.4) is 0 Å². The highest BCUT2D eigenvalue weighted by Crippen LogP contribution is 2.30. The van der Waals surface area contributed by atoms with Crippen molar-refractivity contribution in [3.63, 3.8) is 0 Å². The molecule has 3 nitrogen and oxygen atoms in total. The van der Waals surface area contributed by atoms with E-state index < -0.39 is 5.97 Å². The summed E-state index contributed by atoms with van der Waals surface area (Å²) < 4.78 is 13.1. The van der Waals surface area contributed by atoms with E-state index in [4.69, 9.17) is 5.11 Å². The van der Waals surface area contributed by atoms with Crippen molar-refractivity contribution >= 4 is 5.97 Å². The van der Waals surface area contributed by atoms with E-state index >= 15 is 0 Å². The normalized spacial score (nSPS) is 17.9. The Hall–Kier alpha value is -1.42. The van der Waals surface area contributed by atoms with E-state index in [2.05, 4.69) is 4.90 Å². The Balaban J connectivity index is 2.29. The molecule has 0 saturated carbocycles. The van der Waals surface area contributed by atoms with Gasteiger partial charge in [-0.15, -0.1) is 0 Å². The van der Waals surface area contributed by atoms with Gasteiger partial charge in [0.25, 0.3) is 0 Å². The first-order valence-corrected chi connectivity index (χ1v) is 6.30. The maximum Gasteiger partial charge on any atom is 0.305 e. The summed E-state index contributed by atoms with van der Waals surface area (Å²) >= 11 is 0. The zero-order valence-corrected chi connectivity index (χ0v) is 10.5. The van der Waals surface area contributed by atoms with Crippen LogP contribution in [0.2, 0.25) is 0 Å². The van der Waals surface area contributed by atoms with E-state index in [0.717, 1.165) is 37.1 Å². The van der Waals surface area contributed by atoms with Crippen LogP contribution in [0.25, 0.3) is 0 Å².